The third-order valence-electron chi connectivity index (χ3n) is 2.98. The Morgan fingerprint density at radius 2 is 2.12 bits per heavy atom. The van der Waals surface area contributed by atoms with Gasteiger partial charge in [0, 0.05) is 12.5 Å². The molecule has 4 nitrogen and oxygen atoms in total. The summed E-state index contributed by atoms with van der Waals surface area (Å²) >= 11 is 0. The van der Waals surface area contributed by atoms with Crippen molar-refractivity contribution in [3.63, 3.8) is 0 Å². The SMILES string of the molecule is C#CCC(C)NC(=O)C1CCCC1C(=O)O. The molecule has 16 heavy (non-hydrogen) atoms. The van der Waals surface area contributed by atoms with Crippen molar-refractivity contribution in [1.82, 2.24) is 5.32 Å². The highest BCUT2D eigenvalue weighted by atomic mass is 16.4. The van der Waals surface area contributed by atoms with Gasteiger partial charge in [0.05, 0.1) is 11.8 Å². The van der Waals surface area contributed by atoms with Crippen LogP contribution in [0.3, 0.4) is 0 Å². The molecule has 0 bridgehead atoms. The Labute approximate surface area is 95.4 Å². The highest BCUT2D eigenvalue weighted by Gasteiger charge is 2.37. The molecule has 1 amide bonds. The quantitative estimate of drug-likeness (QED) is 0.699. The fraction of sp³-hybridized carbons (Fsp3) is 0.667. The molecular weight excluding hydrogens is 206 g/mol. The van der Waals surface area contributed by atoms with Crippen LogP contribution in [0.25, 0.3) is 0 Å². The van der Waals surface area contributed by atoms with E-state index in [0.717, 1.165) is 6.42 Å². The van der Waals surface area contributed by atoms with Crippen molar-refractivity contribution in [2.24, 2.45) is 11.8 Å². The van der Waals surface area contributed by atoms with E-state index in [1.54, 1.807) is 0 Å². The first-order chi connectivity index (χ1) is 7.56. The molecule has 1 fully saturated rings. The summed E-state index contributed by atoms with van der Waals surface area (Å²) in [6.07, 6.45) is 7.66. The van der Waals surface area contributed by atoms with Crippen molar-refractivity contribution in [3.05, 3.63) is 0 Å². The summed E-state index contributed by atoms with van der Waals surface area (Å²) in [6, 6.07) is -0.0902. The van der Waals surface area contributed by atoms with Crippen molar-refractivity contribution in [2.45, 2.75) is 38.6 Å². The van der Waals surface area contributed by atoms with Crippen LogP contribution in [0, 0.1) is 24.2 Å². The van der Waals surface area contributed by atoms with Crippen molar-refractivity contribution in [3.8, 4) is 12.3 Å². The Morgan fingerprint density at radius 1 is 1.50 bits per heavy atom. The van der Waals surface area contributed by atoms with Crippen LogP contribution >= 0.6 is 0 Å². The van der Waals surface area contributed by atoms with Gasteiger partial charge in [-0.2, -0.15) is 0 Å². The standard InChI is InChI=1S/C12H17NO3/c1-3-5-8(2)13-11(14)9-6-4-7-10(9)12(15)16/h1,8-10H,4-7H2,2H3,(H,13,14)(H,15,16). The van der Waals surface area contributed by atoms with Gasteiger partial charge in [0.15, 0.2) is 0 Å². The van der Waals surface area contributed by atoms with Crippen LogP contribution in [0.2, 0.25) is 0 Å². The predicted molar refractivity (Wildman–Crippen MR) is 59.5 cm³/mol. The zero-order valence-corrected chi connectivity index (χ0v) is 9.40. The van der Waals surface area contributed by atoms with Gasteiger partial charge >= 0.3 is 5.97 Å². The summed E-state index contributed by atoms with van der Waals surface area (Å²) in [5.41, 5.74) is 0. The predicted octanol–water partition coefficient (Wildman–Crippen LogP) is 1.02. The van der Waals surface area contributed by atoms with Crippen molar-refractivity contribution in [2.75, 3.05) is 0 Å². The van der Waals surface area contributed by atoms with Gasteiger partial charge in [0.1, 0.15) is 0 Å². The largest absolute Gasteiger partial charge is 0.481 e. The van der Waals surface area contributed by atoms with Gasteiger partial charge in [-0.15, -0.1) is 12.3 Å². The molecule has 3 atom stereocenters. The normalized spacial score (nSPS) is 25.8. The number of carbonyl (C=O) groups is 2. The fourth-order valence-corrected chi connectivity index (χ4v) is 2.15. The van der Waals surface area contributed by atoms with Gasteiger partial charge in [0.25, 0.3) is 0 Å². The number of hydrogen-bond acceptors (Lipinski definition) is 2. The molecule has 0 saturated heterocycles. The van der Waals surface area contributed by atoms with Gasteiger partial charge in [-0.05, 0) is 19.8 Å². The second-order valence-corrected chi connectivity index (χ2v) is 4.30. The van der Waals surface area contributed by atoms with Crippen LogP contribution in [-0.2, 0) is 9.59 Å². The van der Waals surface area contributed by atoms with E-state index in [1.807, 2.05) is 6.92 Å². The summed E-state index contributed by atoms with van der Waals surface area (Å²) in [5.74, 6) is 0.499. The van der Waals surface area contributed by atoms with E-state index in [2.05, 4.69) is 11.2 Å². The Hall–Kier alpha value is -1.50. The van der Waals surface area contributed by atoms with Crippen molar-refractivity contribution >= 4 is 11.9 Å². The third kappa shape index (κ3) is 2.99. The summed E-state index contributed by atoms with van der Waals surface area (Å²) in [7, 11) is 0. The lowest BCUT2D eigenvalue weighted by Crippen LogP contribution is -2.39. The average molecular weight is 223 g/mol. The monoisotopic (exact) mass is 223 g/mol. The van der Waals surface area contributed by atoms with Gasteiger partial charge in [-0.25, -0.2) is 0 Å². The second kappa shape index (κ2) is 5.55. The zero-order chi connectivity index (χ0) is 12.1. The number of aliphatic carboxylic acids is 1. The van der Waals surface area contributed by atoms with Crippen LogP contribution in [0.5, 0.6) is 0 Å². The number of carboxylic acids is 1. The first-order valence-corrected chi connectivity index (χ1v) is 5.53. The van der Waals surface area contributed by atoms with E-state index in [1.165, 1.54) is 0 Å². The van der Waals surface area contributed by atoms with E-state index in [0.29, 0.717) is 19.3 Å². The maximum atomic E-state index is 11.8. The molecule has 1 aliphatic rings. The number of terminal acetylenes is 1. The molecular formula is C12H17NO3. The maximum absolute atomic E-state index is 11.8. The lowest BCUT2D eigenvalue weighted by molar-refractivity contribution is -0.146. The maximum Gasteiger partial charge on any atom is 0.307 e. The molecule has 0 heterocycles. The van der Waals surface area contributed by atoms with Gasteiger partial charge in [-0.1, -0.05) is 6.42 Å². The lowest BCUT2D eigenvalue weighted by atomic mass is 9.95. The molecule has 0 aromatic rings. The Kier molecular flexibility index (Phi) is 4.36. The minimum Gasteiger partial charge on any atom is -0.481 e. The van der Waals surface area contributed by atoms with Crippen LogP contribution in [0.1, 0.15) is 32.6 Å². The molecule has 1 saturated carbocycles. The van der Waals surface area contributed by atoms with Crippen molar-refractivity contribution in [1.29, 1.82) is 0 Å². The van der Waals surface area contributed by atoms with E-state index in [9.17, 15) is 9.59 Å². The van der Waals surface area contributed by atoms with Gasteiger partial charge in [-0.3, -0.25) is 9.59 Å². The van der Waals surface area contributed by atoms with Crippen LogP contribution in [0.4, 0.5) is 0 Å². The number of nitrogens with one attached hydrogen (secondary N) is 1. The van der Waals surface area contributed by atoms with Crippen LogP contribution in [-0.4, -0.2) is 23.0 Å². The van der Waals surface area contributed by atoms with E-state index in [4.69, 9.17) is 11.5 Å². The summed E-state index contributed by atoms with van der Waals surface area (Å²) < 4.78 is 0. The van der Waals surface area contributed by atoms with Crippen LogP contribution < -0.4 is 5.32 Å². The topological polar surface area (TPSA) is 66.4 Å². The van der Waals surface area contributed by atoms with Gasteiger partial charge in [0.2, 0.25) is 5.91 Å². The van der Waals surface area contributed by atoms with E-state index < -0.39 is 17.8 Å². The van der Waals surface area contributed by atoms with E-state index in [-0.39, 0.29) is 11.9 Å². The minimum atomic E-state index is -0.873. The second-order valence-electron chi connectivity index (χ2n) is 4.30. The highest BCUT2D eigenvalue weighted by Crippen LogP contribution is 2.32. The molecule has 3 unspecified atom stereocenters. The first-order valence-electron chi connectivity index (χ1n) is 5.53. The fourth-order valence-electron chi connectivity index (χ4n) is 2.15. The molecule has 4 heteroatoms. The number of hydrogen-bond donors (Lipinski definition) is 2. The highest BCUT2D eigenvalue weighted by molar-refractivity contribution is 5.85. The molecule has 0 aliphatic heterocycles. The molecule has 1 rings (SSSR count). The smallest absolute Gasteiger partial charge is 0.307 e. The van der Waals surface area contributed by atoms with Crippen LogP contribution in [0.15, 0.2) is 0 Å². The van der Waals surface area contributed by atoms with Crippen molar-refractivity contribution < 1.29 is 14.7 Å². The molecule has 0 aromatic heterocycles. The Bertz CT molecular complexity index is 319. The number of carboxylic acid groups (broad SMARTS) is 1. The summed E-state index contributed by atoms with van der Waals surface area (Å²) in [5, 5.41) is 11.7. The van der Waals surface area contributed by atoms with E-state index >= 15 is 0 Å². The molecule has 88 valence electrons. The Balaban J connectivity index is 2.53. The number of rotatable bonds is 4. The third-order valence-corrected chi connectivity index (χ3v) is 2.98. The van der Waals surface area contributed by atoms with Gasteiger partial charge < -0.3 is 10.4 Å². The molecule has 0 spiro atoms. The first kappa shape index (κ1) is 12.6. The summed E-state index contributed by atoms with van der Waals surface area (Å²) in [6.45, 7) is 1.82. The molecule has 1 aliphatic carbocycles. The Morgan fingerprint density at radius 3 is 2.69 bits per heavy atom. The molecule has 0 radical (unpaired) electrons. The molecule has 2 N–H and O–H groups in total. The minimum absolute atomic E-state index is 0.0902. The lowest BCUT2D eigenvalue weighted by Gasteiger charge is -2.18. The summed E-state index contributed by atoms with van der Waals surface area (Å²) in [4.78, 5) is 22.7. The number of carbonyl (C=O) groups excluding carboxylic acids is 1. The zero-order valence-electron chi connectivity index (χ0n) is 9.40. The molecule has 0 aromatic carbocycles. The number of amides is 1. The average Bonchev–Trinajstić information content (AvgIpc) is 2.65.